The maximum atomic E-state index is 12.4. The topological polar surface area (TPSA) is 92.3 Å². The molecule has 0 fully saturated rings. The summed E-state index contributed by atoms with van der Waals surface area (Å²) in [6, 6.07) is 24.8. The van der Waals surface area contributed by atoms with Gasteiger partial charge in [-0.15, -0.1) is 0 Å². The lowest BCUT2D eigenvalue weighted by molar-refractivity contribution is -0.118. The Kier molecular flexibility index (Phi) is 8.74. The lowest BCUT2D eigenvalue weighted by Gasteiger charge is -2.11. The van der Waals surface area contributed by atoms with Crippen molar-refractivity contribution in [1.29, 1.82) is 5.26 Å². The van der Waals surface area contributed by atoms with Crippen molar-refractivity contribution in [3.05, 3.63) is 101 Å². The van der Waals surface area contributed by atoms with Gasteiger partial charge in [0.25, 0.3) is 0 Å². The van der Waals surface area contributed by atoms with Crippen LogP contribution >= 0.6 is 11.8 Å². The maximum absolute atomic E-state index is 12.4. The van der Waals surface area contributed by atoms with Gasteiger partial charge in [-0.2, -0.15) is 10.4 Å². The molecule has 2 heterocycles. The molecule has 2 aromatic heterocycles. The van der Waals surface area contributed by atoms with Crippen LogP contribution in [0.15, 0.2) is 76.9 Å². The predicted octanol–water partition coefficient (Wildman–Crippen LogP) is 5.73. The molecule has 4 rings (SSSR count). The van der Waals surface area contributed by atoms with Crippen LogP contribution in [0.25, 0.3) is 16.8 Å². The average molecular weight is 524 g/mol. The fourth-order valence-electron chi connectivity index (χ4n) is 4.29. The van der Waals surface area contributed by atoms with Crippen molar-refractivity contribution in [2.45, 2.75) is 32.4 Å². The molecular weight excluding hydrogens is 494 g/mol. The SMILES string of the molecule is COCc1cc(C)nc(SCC(=O)N/N=C/c2cc(C)n(-c3ccc(-c4ccccc4)cc3)c2C)c1C#N. The molecule has 0 atom stereocenters. The highest BCUT2D eigenvalue weighted by atomic mass is 32.2. The molecule has 4 aromatic rings. The number of amides is 1. The van der Waals surface area contributed by atoms with Gasteiger partial charge in [-0.1, -0.05) is 54.2 Å². The van der Waals surface area contributed by atoms with Gasteiger partial charge in [-0.05, 0) is 61.7 Å². The van der Waals surface area contributed by atoms with Gasteiger partial charge in [-0.25, -0.2) is 10.4 Å². The fourth-order valence-corrected chi connectivity index (χ4v) is 5.15. The first-order chi connectivity index (χ1) is 18.4. The highest BCUT2D eigenvalue weighted by Gasteiger charge is 2.14. The zero-order chi connectivity index (χ0) is 27.1. The van der Waals surface area contributed by atoms with Crippen molar-refractivity contribution < 1.29 is 9.53 Å². The minimum atomic E-state index is -0.281. The molecule has 0 aliphatic heterocycles. The van der Waals surface area contributed by atoms with Crippen molar-refractivity contribution in [3.63, 3.8) is 0 Å². The van der Waals surface area contributed by atoms with Crippen LogP contribution in [-0.2, 0) is 16.1 Å². The Morgan fingerprint density at radius 2 is 1.82 bits per heavy atom. The first-order valence-corrected chi connectivity index (χ1v) is 13.1. The van der Waals surface area contributed by atoms with E-state index in [0.717, 1.165) is 39.5 Å². The Hall–Kier alpha value is -4.19. The third kappa shape index (κ3) is 6.20. The number of ether oxygens (including phenoxy) is 1. The summed E-state index contributed by atoms with van der Waals surface area (Å²) in [7, 11) is 1.58. The predicted molar refractivity (Wildman–Crippen MR) is 152 cm³/mol. The van der Waals surface area contributed by atoms with Crippen molar-refractivity contribution in [2.75, 3.05) is 12.9 Å². The molecule has 0 saturated heterocycles. The van der Waals surface area contributed by atoms with Crippen molar-refractivity contribution >= 4 is 23.9 Å². The second kappa shape index (κ2) is 12.4. The van der Waals surface area contributed by atoms with Crippen LogP contribution in [-0.4, -0.2) is 34.5 Å². The second-order valence-electron chi connectivity index (χ2n) is 8.80. The number of pyridine rings is 1. The molecule has 0 aliphatic carbocycles. The van der Waals surface area contributed by atoms with Gasteiger partial charge in [0.2, 0.25) is 5.91 Å². The van der Waals surface area contributed by atoms with Gasteiger partial charge in [0.1, 0.15) is 11.1 Å². The minimum Gasteiger partial charge on any atom is -0.380 e. The summed E-state index contributed by atoms with van der Waals surface area (Å²) in [5.74, 6) is -0.196. The molecule has 0 saturated carbocycles. The summed E-state index contributed by atoms with van der Waals surface area (Å²) in [5.41, 5.74) is 11.0. The summed E-state index contributed by atoms with van der Waals surface area (Å²) in [6.45, 7) is 6.24. The Balaban J connectivity index is 1.41. The highest BCUT2D eigenvalue weighted by Crippen LogP contribution is 2.25. The Labute approximate surface area is 227 Å². The zero-order valence-electron chi connectivity index (χ0n) is 21.9. The summed E-state index contributed by atoms with van der Waals surface area (Å²) < 4.78 is 7.35. The van der Waals surface area contributed by atoms with Crippen molar-refractivity contribution in [1.82, 2.24) is 15.0 Å². The van der Waals surface area contributed by atoms with Crippen LogP contribution in [0.1, 0.15) is 33.8 Å². The molecule has 192 valence electrons. The highest BCUT2D eigenvalue weighted by molar-refractivity contribution is 8.00. The van der Waals surface area contributed by atoms with Gasteiger partial charge >= 0.3 is 0 Å². The van der Waals surface area contributed by atoms with Crippen LogP contribution < -0.4 is 5.43 Å². The second-order valence-corrected chi connectivity index (χ2v) is 9.77. The number of nitriles is 1. The minimum absolute atomic E-state index is 0.0850. The molecule has 38 heavy (non-hydrogen) atoms. The number of hydrazone groups is 1. The molecule has 0 unspecified atom stereocenters. The maximum Gasteiger partial charge on any atom is 0.250 e. The number of aryl methyl sites for hydroxylation is 2. The fraction of sp³-hybridized carbons (Fsp3) is 0.200. The molecule has 7 nitrogen and oxygen atoms in total. The van der Waals surface area contributed by atoms with E-state index in [-0.39, 0.29) is 11.7 Å². The number of nitrogens with one attached hydrogen (secondary N) is 1. The van der Waals surface area contributed by atoms with E-state index in [2.05, 4.69) is 62.5 Å². The third-order valence-corrected chi connectivity index (χ3v) is 7.02. The summed E-state index contributed by atoms with van der Waals surface area (Å²) in [5, 5.41) is 14.2. The monoisotopic (exact) mass is 523 g/mol. The lowest BCUT2D eigenvalue weighted by Crippen LogP contribution is -2.20. The van der Waals surface area contributed by atoms with Gasteiger partial charge < -0.3 is 9.30 Å². The van der Waals surface area contributed by atoms with E-state index in [1.807, 2.05) is 51.1 Å². The molecule has 8 heteroatoms. The quantitative estimate of drug-likeness (QED) is 0.172. The number of hydrogen-bond acceptors (Lipinski definition) is 6. The molecule has 1 amide bonds. The van der Waals surface area contributed by atoms with Crippen LogP contribution in [0.5, 0.6) is 0 Å². The number of nitrogens with zero attached hydrogens (tertiary/aromatic N) is 4. The summed E-state index contributed by atoms with van der Waals surface area (Å²) in [6.07, 6.45) is 1.65. The van der Waals surface area contributed by atoms with E-state index in [1.165, 1.54) is 17.3 Å². The van der Waals surface area contributed by atoms with Crippen molar-refractivity contribution in [2.24, 2.45) is 5.10 Å². The van der Waals surface area contributed by atoms with Gasteiger partial charge in [0.05, 0.1) is 24.1 Å². The Bertz CT molecular complexity index is 1500. The van der Waals surface area contributed by atoms with Gasteiger partial charge in [0, 0.05) is 35.4 Å². The Morgan fingerprint density at radius 1 is 1.11 bits per heavy atom. The smallest absolute Gasteiger partial charge is 0.250 e. The van der Waals surface area contributed by atoms with Crippen LogP contribution in [0.3, 0.4) is 0 Å². The summed E-state index contributed by atoms with van der Waals surface area (Å²) >= 11 is 1.21. The van der Waals surface area contributed by atoms with E-state index in [1.54, 1.807) is 13.3 Å². The first-order valence-electron chi connectivity index (χ1n) is 12.1. The van der Waals surface area contributed by atoms with E-state index >= 15 is 0 Å². The molecule has 0 spiro atoms. The molecular formula is C30H29N5O2S. The third-order valence-electron chi connectivity index (χ3n) is 6.04. The molecule has 0 bridgehead atoms. The Morgan fingerprint density at radius 3 is 2.50 bits per heavy atom. The largest absolute Gasteiger partial charge is 0.380 e. The number of methoxy groups -OCH3 is 1. The molecule has 1 N–H and O–H groups in total. The van der Waals surface area contributed by atoms with Crippen LogP contribution in [0, 0.1) is 32.1 Å². The van der Waals surface area contributed by atoms with Crippen LogP contribution in [0.2, 0.25) is 0 Å². The van der Waals surface area contributed by atoms with Gasteiger partial charge in [-0.3, -0.25) is 4.79 Å². The summed E-state index contributed by atoms with van der Waals surface area (Å²) in [4.78, 5) is 16.9. The number of rotatable bonds is 9. The standard InChI is InChI=1S/C30H29N5O2S/c1-20-14-26(18-37-4)28(16-31)30(33-20)38-19-29(36)34-32-17-25-15-21(2)35(22(25)3)27-12-10-24(11-13-27)23-8-6-5-7-9-23/h5-15,17H,18-19H2,1-4H3,(H,34,36)/b32-17+. The number of carbonyl (C=O) groups excluding carboxylic acids is 1. The van der Waals surface area contributed by atoms with Crippen molar-refractivity contribution in [3.8, 4) is 22.9 Å². The normalized spacial score (nSPS) is 11.0. The van der Waals surface area contributed by atoms with E-state index in [9.17, 15) is 10.1 Å². The molecule has 2 aromatic carbocycles. The number of benzene rings is 2. The number of thioether (sulfide) groups is 1. The average Bonchev–Trinajstić information content (AvgIpc) is 3.20. The molecule has 0 aliphatic rings. The number of hydrogen-bond donors (Lipinski definition) is 1. The van der Waals surface area contributed by atoms with Gasteiger partial charge in [0.15, 0.2) is 0 Å². The molecule has 0 radical (unpaired) electrons. The number of carbonyl (C=O) groups is 1. The van der Waals surface area contributed by atoms with E-state index in [4.69, 9.17) is 4.74 Å². The van der Waals surface area contributed by atoms with E-state index < -0.39 is 0 Å². The van der Waals surface area contributed by atoms with E-state index in [0.29, 0.717) is 17.2 Å². The lowest BCUT2D eigenvalue weighted by atomic mass is 10.1. The first kappa shape index (κ1) is 26.9. The number of aromatic nitrogens is 2. The van der Waals surface area contributed by atoms with Crippen LogP contribution in [0.4, 0.5) is 0 Å². The zero-order valence-corrected chi connectivity index (χ0v) is 22.7.